The van der Waals surface area contributed by atoms with E-state index in [0.717, 1.165) is 3.58 Å². The molecule has 0 rings (SSSR count). The molecule has 46 valence electrons. The third-order valence-electron chi connectivity index (χ3n) is 0.446. The van der Waals surface area contributed by atoms with Crippen LogP contribution in [0.2, 0.25) is 0 Å². The van der Waals surface area contributed by atoms with Gasteiger partial charge in [0.2, 0.25) is 0 Å². The second-order valence-corrected chi connectivity index (χ2v) is 3.19. The van der Waals surface area contributed by atoms with Gasteiger partial charge in [0.1, 0.15) is 0 Å². The van der Waals surface area contributed by atoms with Crippen molar-refractivity contribution in [1.82, 2.24) is 0 Å². The van der Waals surface area contributed by atoms with Gasteiger partial charge in [-0.25, -0.2) is 4.99 Å². The maximum absolute atomic E-state index is 5.24. The summed E-state index contributed by atoms with van der Waals surface area (Å²) in [5.41, 5.74) is 5.24. The molecule has 0 fully saturated rings. The number of hydrogen-bond donors (Lipinski definition) is 1. The lowest BCUT2D eigenvalue weighted by atomic mass is 10.7. The SMILES string of the molecule is CC(N)=N/C=C(/C)I. The van der Waals surface area contributed by atoms with Gasteiger partial charge in [-0.05, 0) is 36.4 Å². The minimum absolute atomic E-state index is 0.598. The minimum atomic E-state index is 0.598. The second-order valence-electron chi connectivity index (χ2n) is 1.49. The van der Waals surface area contributed by atoms with Crippen LogP contribution in [0.4, 0.5) is 0 Å². The molecule has 0 spiro atoms. The van der Waals surface area contributed by atoms with E-state index in [1.54, 1.807) is 13.1 Å². The van der Waals surface area contributed by atoms with Crippen LogP contribution in [0.3, 0.4) is 0 Å². The van der Waals surface area contributed by atoms with Crippen molar-refractivity contribution >= 4 is 28.4 Å². The summed E-state index contributed by atoms with van der Waals surface area (Å²) in [6.07, 6.45) is 1.73. The van der Waals surface area contributed by atoms with Crippen molar-refractivity contribution in [2.45, 2.75) is 13.8 Å². The van der Waals surface area contributed by atoms with Crippen molar-refractivity contribution < 1.29 is 0 Å². The number of allylic oxidation sites excluding steroid dienone is 1. The summed E-state index contributed by atoms with van der Waals surface area (Å²) in [5.74, 6) is 0.598. The summed E-state index contributed by atoms with van der Waals surface area (Å²) in [7, 11) is 0. The van der Waals surface area contributed by atoms with Gasteiger partial charge in [0.15, 0.2) is 0 Å². The lowest BCUT2D eigenvalue weighted by Gasteiger charge is -1.83. The molecule has 2 nitrogen and oxygen atoms in total. The molecule has 0 aromatic rings. The van der Waals surface area contributed by atoms with E-state index in [4.69, 9.17) is 5.73 Å². The number of aliphatic imine (C=N–C) groups is 1. The van der Waals surface area contributed by atoms with Crippen molar-refractivity contribution in [2.75, 3.05) is 0 Å². The molecular formula is C5H9IN2. The smallest absolute Gasteiger partial charge is 0.0957 e. The van der Waals surface area contributed by atoms with E-state index in [2.05, 4.69) is 27.6 Å². The van der Waals surface area contributed by atoms with Crippen molar-refractivity contribution in [3.63, 3.8) is 0 Å². The predicted molar refractivity (Wildman–Crippen MR) is 45.1 cm³/mol. The summed E-state index contributed by atoms with van der Waals surface area (Å²) in [5, 5.41) is 0. The fourth-order valence-corrected chi connectivity index (χ4v) is 0.330. The van der Waals surface area contributed by atoms with Crippen molar-refractivity contribution in [2.24, 2.45) is 10.7 Å². The first-order valence-electron chi connectivity index (χ1n) is 2.25. The fourth-order valence-electron chi connectivity index (χ4n) is 0.191. The van der Waals surface area contributed by atoms with E-state index in [9.17, 15) is 0 Å². The highest BCUT2D eigenvalue weighted by atomic mass is 127. The van der Waals surface area contributed by atoms with Crippen LogP contribution in [-0.2, 0) is 0 Å². The molecule has 0 unspecified atom stereocenters. The van der Waals surface area contributed by atoms with E-state index in [1.807, 2.05) is 6.92 Å². The van der Waals surface area contributed by atoms with Gasteiger partial charge in [0.25, 0.3) is 0 Å². The molecule has 0 saturated carbocycles. The summed E-state index contributed by atoms with van der Waals surface area (Å²) < 4.78 is 1.13. The van der Waals surface area contributed by atoms with E-state index in [1.165, 1.54) is 0 Å². The summed E-state index contributed by atoms with van der Waals surface area (Å²) >= 11 is 2.17. The van der Waals surface area contributed by atoms with Crippen LogP contribution in [0.15, 0.2) is 14.8 Å². The largest absolute Gasteiger partial charge is 0.387 e. The summed E-state index contributed by atoms with van der Waals surface area (Å²) in [6.45, 7) is 3.73. The van der Waals surface area contributed by atoms with Gasteiger partial charge >= 0.3 is 0 Å². The van der Waals surface area contributed by atoms with E-state index in [0.29, 0.717) is 5.84 Å². The molecule has 0 bridgehead atoms. The Balaban J connectivity index is 3.76. The zero-order valence-electron chi connectivity index (χ0n) is 4.98. The molecule has 0 heterocycles. The molecule has 0 aliphatic carbocycles. The Hall–Kier alpha value is -0.0600. The topological polar surface area (TPSA) is 38.4 Å². The zero-order valence-corrected chi connectivity index (χ0v) is 7.14. The Morgan fingerprint density at radius 2 is 2.12 bits per heavy atom. The molecule has 0 aliphatic rings. The fraction of sp³-hybridized carbons (Fsp3) is 0.400. The Labute approximate surface area is 63.0 Å². The Morgan fingerprint density at radius 1 is 1.62 bits per heavy atom. The second kappa shape index (κ2) is 3.88. The number of rotatable bonds is 1. The van der Waals surface area contributed by atoms with E-state index < -0.39 is 0 Å². The number of halogens is 1. The van der Waals surface area contributed by atoms with Gasteiger partial charge < -0.3 is 5.73 Å². The zero-order chi connectivity index (χ0) is 6.57. The summed E-state index contributed by atoms with van der Waals surface area (Å²) in [4.78, 5) is 3.85. The molecule has 8 heavy (non-hydrogen) atoms. The first-order valence-corrected chi connectivity index (χ1v) is 3.33. The predicted octanol–water partition coefficient (Wildman–Crippen LogP) is 1.66. The molecule has 3 heteroatoms. The third-order valence-corrected chi connectivity index (χ3v) is 0.725. The third kappa shape index (κ3) is 5.94. The highest BCUT2D eigenvalue weighted by molar-refractivity contribution is 14.1. The maximum Gasteiger partial charge on any atom is 0.0957 e. The lowest BCUT2D eigenvalue weighted by molar-refractivity contribution is 1.44. The van der Waals surface area contributed by atoms with Crippen molar-refractivity contribution in [3.8, 4) is 0 Å². The average Bonchev–Trinajstić information content (AvgIpc) is 1.61. The van der Waals surface area contributed by atoms with Crippen LogP contribution in [0.25, 0.3) is 0 Å². The van der Waals surface area contributed by atoms with Crippen LogP contribution >= 0.6 is 22.6 Å². The molecule has 0 amide bonds. The summed E-state index contributed by atoms with van der Waals surface area (Å²) in [6, 6.07) is 0. The molecule has 0 radical (unpaired) electrons. The first-order chi connectivity index (χ1) is 3.63. The first kappa shape index (κ1) is 7.94. The van der Waals surface area contributed by atoms with Gasteiger partial charge in [0.05, 0.1) is 5.84 Å². The van der Waals surface area contributed by atoms with Gasteiger partial charge in [-0.1, -0.05) is 0 Å². The van der Waals surface area contributed by atoms with Crippen molar-refractivity contribution in [1.29, 1.82) is 0 Å². The monoisotopic (exact) mass is 224 g/mol. The Bertz CT molecular complexity index is 102. The standard InChI is InChI=1S/C5H9IN2/c1-4(6)3-8-5(2)7/h3H,1-2H3,(H2,7,8)/b4-3-. The average molecular weight is 224 g/mol. The normalized spacial score (nSPS) is 14.4. The number of amidine groups is 1. The van der Waals surface area contributed by atoms with Gasteiger partial charge in [-0.15, -0.1) is 0 Å². The Kier molecular flexibility index (Phi) is 3.85. The quantitative estimate of drug-likeness (QED) is 0.410. The molecule has 0 aliphatic heterocycles. The van der Waals surface area contributed by atoms with Crippen LogP contribution in [0.1, 0.15) is 13.8 Å². The van der Waals surface area contributed by atoms with Crippen LogP contribution < -0.4 is 5.73 Å². The lowest BCUT2D eigenvalue weighted by Crippen LogP contribution is -2.03. The molecule has 0 aromatic carbocycles. The van der Waals surface area contributed by atoms with Crippen LogP contribution in [0.5, 0.6) is 0 Å². The molecular weight excluding hydrogens is 215 g/mol. The molecule has 2 N–H and O–H groups in total. The number of nitrogens with zero attached hydrogens (tertiary/aromatic N) is 1. The molecule has 0 saturated heterocycles. The molecule has 0 atom stereocenters. The minimum Gasteiger partial charge on any atom is -0.387 e. The van der Waals surface area contributed by atoms with Crippen LogP contribution in [-0.4, -0.2) is 5.84 Å². The van der Waals surface area contributed by atoms with Gasteiger partial charge in [-0.2, -0.15) is 0 Å². The maximum atomic E-state index is 5.24. The van der Waals surface area contributed by atoms with Crippen LogP contribution in [0, 0.1) is 0 Å². The highest BCUT2D eigenvalue weighted by Gasteiger charge is 1.74. The number of hydrogen-bond acceptors (Lipinski definition) is 1. The van der Waals surface area contributed by atoms with E-state index >= 15 is 0 Å². The number of nitrogens with two attached hydrogens (primary N) is 1. The van der Waals surface area contributed by atoms with Gasteiger partial charge in [-0.3, -0.25) is 0 Å². The Morgan fingerprint density at radius 3 is 2.25 bits per heavy atom. The van der Waals surface area contributed by atoms with Gasteiger partial charge in [0, 0.05) is 9.78 Å². The van der Waals surface area contributed by atoms with E-state index in [-0.39, 0.29) is 0 Å². The molecule has 0 aromatic heterocycles. The highest BCUT2D eigenvalue weighted by Crippen LogP contribution is 2.01. The van der Waals surface area contributed by atoms with Crippen molar-refractivity contribution in [3.05, 3.63) is 9.78 Å².